The van der Waals surface area contributed by atoms with Gasteiger partial charge in [0.25, 0.3) is 6.47 Å². The van der Waals surface area contributed by atoms with E-state index in [9.17, 15) is 54.3 Å². The van der Waals surface area contributed by atoms with Crippen molar-refractivity contribution in [3.05, 3.63) is 83.0 Å². The lowest BCUT2D eigenvalue weighted by Crippen LogP contribution is -2.35. The number of hydrogen-bond donors (Lipinski definition) is 5. The fourth-order valence-electron chi connectivity index (χ4n) is 5.66. The van der Waals surface area contributed by atoms with Crippen molar-refractivity contribution in [1.82, 2.24) is 0 Å². The number of fused-ring (bicyclic) bond motifs is 2. The van der Waals surface area contributed by atoms with E-state index in [2.05, 4.69) is 0 Å². The van der Waals surface area contributed by atoms with E-state index in [0.29, 0.717) is 16.5 Å². The maximum Gasteiger partial charge on any atom is 0.323 e. The third-order valence-electron chi connectivity index (χ3n) is 7.63. The molecule has 0 fully saturated rings. The minimum atomic E-state index is -1.39. The lowest BCUT2D eigenvalue weighted by atomic mass is 9.92. The molecule has 0 amide bonds. The van der Waals surface area contributed by atoms with Gasteiger partial charge in [-0.3, -0.25) is 28.8 Å². The molecule has 3 aromatic carbocycles. The third kappa shape index (κ3) is 8.90. The van der Waals surface area contributed by atoms with Gasteiger partial charge in [0.15, 0.2) is 5.43 Å². The van der Waals surface area contributed by atoms with Gasteiger partial charge in [-0.15, -0.1) is 0 Å². The predicted octanol–water partition coefficient (Wildman–Crippen LogP) is 3.21. The van der Waals surface area contributed by atoms with Crippen molar-refractivity contribution < 1.29 is 68.1 Å². The second-order valence-corrected chi connectivity index (χ2v) is 11.3. The van der Waals surface area contributed by atoms with Crippen molar-refractivity contribution in [2.24, 2.45) is 0 Å². The van der Waals surface area contributed by atoms with Crippen LogP contribution >= 0.6 is 0 Å². The molecule has 17 nitrogen and oxygen atoms in total. The number of aliphatic carboxylic acids is 4. The minimum absolute atomic E-state index is 0.0858. The number of rotatable bonds is 18. The number of hydrogen-bond acceptors (Lipinski definition) is 13. The highest BCUT2D eigenvalue weighted by molar-refractivity contribution is 6.04. The maximum absolute atomic E-state index is 12.3. The molecule has 0 unspecified atom stereocenters. The Bertz CT molecular complexity index is 2200. The third-order valence-corrected chi connectivity index (χ3v) is 7.63. The number of para-hydroxylation sites is 2. The smallest absolute Gasteiger partial charge is 0.323 e. The lowest BCUT2D eigenvalue weighted by Gasteiger charge is -2.26. The lowest BCUT2D eigenvalue weighted by molar-refractivity contribution is -0.138. The van der Waals surface area contributed by atoms with Crippen LogP contribution in [-0.4, -0.2) is 95.3 Å². The number of ether oxygens (including phenoxy) is 3. The number of benzene rings is 4. The number of carboxylic acid groups (broad SMARTS) is 4. The van der Waals surface area contributed by atoms with Crippen LogP contribution < -0.4 is 29.4 Å². The van der Waals surface area contributed by atoms with Gasteiger partial charge in [0.2, 0.25) is 0 Å². The summed E-state index contributed by atoms with van der Waals surface area (Å²) < 4.78 is 23.2. The van der Waals surface area contributed by atoms with Gasteiger partial charge in [0, 0.05) is 40.3 Å². The van der Waals surface area contributed by atoms with E-state index >= 15 is 0 Å². The number of nitrogens with zero attached hydrogens (tertiary/aromatic N) is 2. The van der Waals surface area contributed by atoms with E-state index in [1.54, 1.807) is 12.1 Å². The van der Waals surface area contributed by atoms with Gasteiger partial charge in [-0.2, -0.15) is 0 Å². The summed E-state index contributed by atoms with van der Waals surface area (Å²) in [5, 5.41) is 48.5. The van der Waals surface area contributed by atoms with Crippen LogP contribution in [0.25, 0.3) is 33.4 Å². The molecule has 1 aliphatic heterocycles. The Kier molecular flexibility index (Phi) is 11.3. The molecule has 1 heterocycles. The van der Waals surface area contributed by atoms with Crippen LogP contribution in [0.1, 0.15) is 0 Å². The Hall–Kier alpha value is -7.30. The standard InChI is InChI=1S/C36H30N2O15/c39-19-52-28-14-26(38(17-34(46)47)18-35(48)49)31(51-10-9-50-27-4-2-1-3-25(27)37(15-32(42)43)16-33(44)45)13-24(28)36-22-7-5-20(40)11-29(22)53-30-12-21(41)6-8-23(30)36/h1-8,11-14,19,40H,9-10,15-18H2,(H,42,43)(H,44,45)(H,46,47)(H,48,49). The second kappa shape index (κ2) is 16.2. The molecule has 274 valence electrons. The van der Waals surface area contributed by atoms with Gasteiger partial charge in [-0.05, 0) is 42.5 Å². The summed E-state index contributed by atoms with van der Waals surface area (Å²) in [6.07, 6.45) is 0. The molecule has 53 heavy (non-hydrogen) atoms. The molecule has 5 N–H and O–H groups in total. The Balaban J connectivity index is 1.61. The summed E-state index contributed by atoms with van der Waals surface area (Å²) in [6.45, 7) is -3.29. The molecule has 0 atom stereocenters. The Morgan fingerprint density at radius 1 is 0.660 bits per heavy atom. The quantitative estimate of drug-likeness (QED) is 0.0493. The average molecular weight is 731 g/mol. The number of carboxylic acids is 4. The number of aromatic hydroxyl groups is 1. The first-order valence-electron chi connectivity index (χ1n) is 15.5. The van der Waals surface area contributed by atoms with Gasteiger partial charge in [0.05, 0.1) is 11.4 Å². The molecule has 17 heteroatoms. The number of phenols is 1. The van der Waals surface area contributed by atoms with Gasteiger partial charge in [0.1, 0.15) is 73.7 Å². The van der Waals surface area contributed by atoms with E-state index in [0.717, 1.165) is 9.80 Å². The van der Waals surface area contributed by atoms with E-state index in [4.69, 9.17) is 18.6 Å². The minimum Gasteiger partial charge on any atom is -0.508 e. The molecule has 5 rings (SSSR count). The zero-order valence-corrected chi connectivity index (χ0v) is 27.5. The zero-order valence-electron chi connectivity index (χ0n) is 27.5. The molecule has 0 radical (unpaired) electrons. The molecular weight excluding hydrogens is 700 g/mol. The van der Waals surface area contributed by atoms with E-state index < -0.39 is 50.1 Å². The molecule has 3 aromatic rings. The number of carbonyl (C=O) groups is 5. The monoisotopic (exact) mass is 730 g/mol. The zero-order chi connectivity index (χ0) is 38.2. The summed E-state index contributed by atoms with van der Waals surface area (Å²) in [6, 6.07) is 16.9. The average Bonchev–Trinajstić information content (AvgIpc) is 3.08. The van der Waals surface area contributed by atoms with Crippen LogP contribution in [0.5, 0.6) is 23.0 Å². The second-order valence-electron chi connectivity index (χ2n) is 11.3. The van der Waals surface area contributed by atoms with Gasteiger partial charge in [-0.1, -0.05) is 12.1 Å². The highest BCUT2D eigenvalue weighted by Gasteiger charge is 2.26. The topological polar surface area (TPSA) is 251 Å². The number of anilines is 2. The van der Waals surface area contributed by atoms with Crippen LogP contribution in [-0.2, 0) is 24.0 Å². The molecule has 1 aliphatic carbocycles. The molecule has 0 saturated heterocycles. The molecular formula is C36H30N2O15. The SMILES string of the molecule is O=COc1cc(N(CC(=O)O)CC(=O)O)c(OCCOc2ccccc2N(CC(=O)O)CC(=O)O)cc1-c1c2ccc(=O)cc-2oc2cc(O)ccc12. The van der Waals surface area contributed by atoms with Crippen molar-refractivity contribution in [1.29, 1.82) is 0 Å². The van der Waals surface area contributed by atoms with Crippen molar-refractivity contribution >= 4 is 52.7 Å². The van der Waals surface area contributed by atoms with Crippen LogP contribution in [0.4, 0.5) is 11.4 Å². The molecule has 2 aliphatic rings. The van der Waals surface area contributed by atoms with Crippen molar-refractivity contribution in [2.75, 3.05) is 49.2 Å². The molecule has 0 bridgehead atoms. The van der Waals surface area contributed by atoms with E-state index in [-0.39, 0.29) is 76.4 Å². The molecule has 0 aromatic heterocycles. The Morgan fingerprint density at radius 3 is 1.89 bits per heavy atom. The number of carbonyl (C=O) groups excluding carboxylic acids is 1. The highest BCUT2D eigenvalue weighted by Crippen LogP contribution is 2.47. The predicted molar refractivity (Wildman–Crippen MR) is 185 cm³/mol. The van der Waals surface area contributed by atoms with E-state index in [1.807, 2.05) is 0 Å². The summed E-state index contributed by atoms with van der Waals surface area (Å²) in [7, 11) is 0. The summed E-state index contributed by atoms with van der Waals surface area (Å²) in [5.74, 6) is -5.49. The summed E-state index contributed by atoms with van der Waals surface area (Å²) in [5.41, 5.74) is 0.720. The Morgan fingerprint density at radius 2 is 1.26 bits per heavy atom. The van der Waals surface area contributed by atoms with Crippen LogP contribution in [0, 0.1) is 0 Å². The first-order valence-corrected chi connectivity index (χ1v) is 15.5. The van der Waals surface area contributed by atoms with Crippen molar-refractivity contribution in [3.63, 3.8) is 0 Å². The van der Waals surface area contributed by atoms with Gasteiger partial charge >= 0.3 is 23.9 Å². The van der Waals surface area contributed by atoms with Crippen molar-refractivity contribution in [3.8, 4) is 45.4 Å². The van der Waals surface area contributed by atoms with Gasteiger partial charge < -0.3 is 54.0 Å². The first-order chi connectivity index (χ1) is 25.3. The van der Waals surface area contributed by atoms with Gasteiger partial charge in [-0.25, -0.2) is 0 Å². The molecule has 0 spiro atoms. The molecule has 0 saturated carbocycles. The van der Waals surface area contributed by atoms with Crippen LogP contribution in [0.3, 0.4) is 0 Å². The fourth-order valence-corrected chi connectivity index (χ4v) is 5.66. The number of phenolic OH excluding ortho intramolecular Hbond substituents is 1. The fraction of sp³-hybridized carbons (Fsp3) is 0.167. The normalized spacial score (nSPS) is 10.8. The van der Waals surface area contributed by atoms with Crippen molar-refractivity contribution in [2.45, 2.75) is 0 Å². The summed E-state index contributed by atoms with van der Waals surface area (Å²) >= 11 is 0. The largest absolute Gasteiger partial charge is 0.508 e. The first kappa shape index (κ1) is 37.0. The van der Waals surface area contributed by atoms with Crippen LogP contribution in [0.2, 0.25) is 0 Å². The highest BCUT2D eigenvalue weighted by atomic mass is 16.5. The van der Waals surface area contributed by atoms with E-state index in [1.165, 1.54) is 60.7 Å². The van der Waals surface area contributed by atoms with Crippen LogP contribution in [0.15, 0.2) is 82.0 Å². The summed E-state index contributed by atoms with van der Waals surface area (Å²) in [4.78, 5) is 72.7. The Labute approximate surface area is 298 Å². The maximum atomic E-state index is 12.3.